The van der Waals surface area contributed by atoms with E-state index in [1.165, 1.54) is 11.1 Å². The van der Waals surface area contributed by atoms with Crippen LogP contribution in [-0.2, 0) is 22.4 Å². The van der Waals surface area contributed by atoms with Gasteiger partial charge >= 0.3 is 5.97 Å². The molecule has 0 saturated carbocycles. The maximum atomic E-state index is 12.9. The van der Waals surface area contributed by atoms with Crippen LogP contribution in [0.1, 0.15) is 24.5 Å². The Morgan fingerprint density at radius 2 is 1.48 bits per heavy atom. The highest BCUT2D eigenvalue weighted by Gasteiger charge is 2.37. The van der Waals surface area contributed by atoms with Crippen LogP contribution in [0, 0.1) is 17.8 Å². The van der Waals surface area contributed by atoms with Crippen molar-refractivity contribution in [2.75, 3.05) is 13.1 Å². The SMILES string of the molecule is C[C@@H]1CN(C(=O)CC(Cc2ccccc2)Cc2ccccc2)C[C@H]1C(=O)O. The number of aliphatic carboxylic acids is 1. The summed E-state index contributed by atoms with van der Waals surface area (Å²) in [5, 5.41) is 9.32. The minimum atomic E-state index is -0.803. The zero-order valence-electron chi connectivity index (χ0n) is 15.8. The second-order valence-electron chi connectivity index (χ2n) is 7.67. The van der Waals surface area contributed by atoms with E-state index in [0.29, 0.717) is 19.5 Å². The Labute approximate surface area is 160 Å². The predicted molar refractivity (Wildman–Crippen MR) is 105 cm³/mol. The minimum Gasteiger partial charge on any atom is -0.481 e. The Hall–Kier alpha value is -2.62. The quantitative estimate of drug-likeness (QED) is 0.815. The zero-order chi connectivity index (χ0) is 19.2. The molecule has 0 radical (unpaired) electrons. The van der Waals surface area contributed by atoms with Crippen LogP contribution < -0.4 is 0 Å². The molecule has 1 saturated heterocycles. The van der Waals surface area contributed by atoms with Gasteiger partial charge in [0.05, 0.1) is 5.92 Å². The average Bonchev–Trinajstić information content (AvgIpc) is 3.05. The summed E-state index contributed by atoms with van der Waals surface area (Å²) in [5.74, 6) is -0.976. The first-order chi connectivity index (χ1) is 13.0. The molecule has 0 aromatic heterocycles. The number of likely N-dealkylation sites (tertiary alicyclic amines) is 1. The van der Waals surface area contributed by atoms with E-state index in [4.69, 9.17) is 0 Å². The van der Waals surface area contributed by atoms with Crippen molar-refractivity contribution in [3.05, 3.63) is 71.8 Å². The number of amides is 1. The summed E-state index contributed by atoms with van der Waals surface area (Å²) in [6.07, 6.45) is 2.13. The van der Waals surface area contributed by atoms with Gasteiger partial charge in [-0.05, 0) is 35.8 Å². The van der Waals surface area contributed by atoms with Crippen LogP contribution in [0.5, 0.6) is 0 Å². The number of carbonyl (C=O) groups is 2. The number of carbonyl (C=O) groups excluding carboxylic acids is 1. The van der Waals surface area contributed by atoms with Gasteiger partial charge in [-0.15, -0.1) is 0 Å². The molecule has 1 aliphatic rings. The van der Waals surface area contributed by atoms with Crippen LogP contribution in [0.25, 0.3) is 0 Å². The third-order valence-electron chi connectivity index (χ3n) is 5.48. The smallest absolute Gasteiger partial charge is 0.308 e. The third-order valence-corrected chi connectivity index (χ3v) is 5.48. The van der Waals surface area contributed by atoms with E-state index < -0.39 is 11.9 Å². The lowest BCUT2D eigenvalue weighted by Gasteiger charge is -2.22. The molecule has 4 heteroatoms. The highest BCUT2D eigenvalue weighted by Crippen LogP contribution is 2.26. The van der Waals surface area contributed by atoms with Crippen molar-refractivity contribution in [3.8, 4) is 0 Å². The van der Waals surface area contributed by atoms with Gasteiger partial charge in [-0.25, -0.2) is 0 Å². The molecule has 1 amide bonds. The van der Waals surface area contributed by atoms with Gasteiger partial charge in [0.25, 0.3) is 0 Å². The van der Waals surface area contributed by atoms with Crippen molar-refractivity contribution in [1.29, 1.82) is 0 Å². The van der Waals surface area contributed by atoms with Crippen LogP contribution in [0.15, 0.2) is 60.7 Å². The Morgan fingerprint density at radius 3 is 1.93 bits per heavy atom. The van der Waals surface area contributed by atoms with Crippen molar-refractivity contribution >= 4 is 11.9 Å². The topological polar surface area (TPSA) is 57.6 Å². The van der Waals surface area contributed by atoms with Crippen molar-refractivity contribution in [2.24, 2.45) is 17.8 Å². The Kier molecular flexibility index (Phi) is 6.28. The number of carboxylic acids is 1. The summed E-state index contributed by atoms with van der Waals surface area (Å²) in [7, 11) is 0. The number of nitrogens with zero attached hydrogens (tertiary/aromatic N) is 1. The Balaban J connectivity index is 1.69. The minimum absolute atomic E-state index is 0.00754. The first kappa shape index (κ1) is 19.2. The number of benzene rings is 2. The van der Waals surface area contributed by atoms with Crippen LogP contribution in [0.2, 0.25) is 0 Å². The standard InChI is InChI=1S/C23H27NO3/c1-17-15-24(16-21(17)23(26)27)22(25)14-20(12-18-8-4-2-5-9-18)13-19-10-6-3-7-11-19/h2-11,17,20-21H,12-16H2,1H3,(H,26,27)/t17-,21-/m1/s1. The molecular weight excluding hydrogens is 338 g/mol. The molecule has 1 N–H and O–H groups in total. The molecule has 2 aromatic rings. The predicted octanol–water partition coefficient (Wildman–Crippen LogP) is 3.66. The molecule has 3 rings (SSSR count). The van der Waals surface area contributed by atoms with E-state index in [-0.39, 0.29) is 17.7 Å². The number of carboxylic acid groups (broad SMARTS) is 1. The Bertz CT molecular complexity index is 718. The van der Waals surface area contributed by atoms with Crippen LogP contribution in [-0.4, -0.2) is 35.0 Å². The van der Waals surface area contributed by atoms with E-state index in [0.717, 1.165) is 12.8 Å². The van der Waals surface area contributed by atoms with Crippen molar-refractivity contribution in [2.45, 2.75) is 26.2 Å². The molecule has 0 bridgehead atoms. The van der Waals surface area contributed by atoms with Gasteiger partial charge in [0.1, 0.15) is 0 Å². The molecule has 2 aromatic carbocycles. The normalized spacial score (nSPS) is 19.4. The lowest BCUT2D eigenvalue weighted by Crippen LogP contribution is -2.32. The molecule has 2 atom stereocenters. The molecule has 0 aliphatic carbocycles. The molecule has 142 valence electrons. The summed E-state index contributed by atoms with van der Waals surface area (Å²) in [6.45, 7) is 2.79. The van der Waals surface area contributed by atoms with Crippen molar-refractivity contribution in [1.82, 2.24) is 4.90 Å². The van der Waals surface area contributed by atoms with Crippen molar-refractivity contribution < 1.29 is 14.7 Å². The molecule has 27 heavy (non-hydrogen) atoms. The zero-order valence-corrected chi connectivity index (χ0v) is 15.8. The van der Waals surface area contributed by atoms with Gasteiger partial charge < -0.3 is 10.0 Å². The summed E-state index contributed by atoms with van der Waals surface area (Å²) < 4.78 is 0. The van der Waals surface area contributed by atoms with Gasteiger partial charge in [0.15, 0.2) is 0 Å². The van der Waals surface area contributed by atoms with Gasteiger partial charge in [-0.2, -0.15) is 0 Å². The van der Waals surface area contributed by atoms with Gasteiger partial charge in [-0.3, -0.25) is 9.59 Å². The van der Waals surface area contributed by atoms with E-state index >= 15 is 0 Å². The number of hydrogen-bond donors (Lipinski definition) is 1. The third kappa shape index (κ3) is 5.19. The maximum absolute atomic E-state index is 12.9. The monoisotopic (exact) mass is 365 g/mol. The Morgan fingerprint density at radius 1 is 0.963 bits per heavy atom. The second kappa shape index (κ2) is 8.85. The molecule has 4 nitrogen and oxygen atoms in total. The molecule has 0 spiro atoms. The van der Waals surface area contributed by atoms with Gasteiger partial charge in [-0.1, -0.05) is 67.6 Å². The fourth-order valence-corrected chi connectivity index (χ4v) is 3.98. The molecule has 0 unspecified atom stereocenters. The molecule has 1 aliphatic heterocycles. The first-order valence-corrected chi connectivity index (χ1v) is 9.61. The van der Waals surface area contributed by atoms with E-state index in [1.807, 2.05) is 43.3 Å². The fraction of sp³-hybridized carbons (Fsp3) is 0.391. The van der Waals surface area contributed by atoms with Crippen LogP contribution in [0.3, 0.4) is 0 Å². The van der Waals surface area contributed by atoms with Crippen LogP contribution in [0.4, 0.5) is 0 Å². The molecule has 1 heterocycles. The lowest BCUT2D eigenvalue weighted by molar-refractivity contribution is -0.142. The van der Waals surface area contributed by atoms with Crippen LogP contribution >= 0.6 is 0 Å². The maximum Gasteiger partial charge on any atom is 0.308 e. The molecule has 1 fully saturated rings. The van der Waals surface area contributed by atoms with E-state index in [2.05, 4.69) is 24.3 Å². The highest BCUT2D eigenvalue weighted by atomic mass is 16.4. The summed E-state index contributed by atoms with van der Waals surface area (Å²) >= 11 is 0. The average molecular weight is 365 g/mol. The van der Waals surface area contributed by atoms with E-state index in [1.54, 1.807) is 4.90 Å². The van der Waals surface area contributed by atoms with Gasteiger partial charge in [0, 0.05) is 19.5 Å². The van der Waals surface area contributed by atoms with Gasteiger partial charge in [0.2, 0.25) is 5.91 Å². The van der Waals surface area contributed by atoms with Crippen molar-refractivity contribution in [3.63, 3.8) is 0 Å². The van der Waals surface area contributed by atoms with E-state index in [9.17, 15) is 14.7 Å². The lowest BCUT2D eigenvalue weighted by atomic mass is 9.89. The number of rotatable bonds is 7. The summed E-state index contributed by atoms with van der Waals surface area (Å²) in [4.78, 5) is 26.0. The summed E-state index contributed by atoms with van der Waals surface area (Å²) in [5.41, 5.74) is 2.45. The first-order valence-electron chi connectivity index (χ1n) is 9.61. The highest BCUT2D eigenvalue weighted by molar-refractivity contribution is 5.79. The molecular formula is C23H27NO3. The number of hydrogen-bond acceptors (Lipinski definition) is 2. The second-order valence-corrected chi connectivity index (χ2v) is 7.67. The fourth-order valence-electron chi connectivity index (χ4n) is 3.98. The largest absolute Gasteiger partial charge is 0.481 e. The summed E-state index contributed by atoms with van der Waals surface area (Å²) in [6, 6.07) is 20.5.